The molecular formula is C12H13NO4. The fraction of sp³-hybridized carbons (Fsp3) is 0.333. The van der Waals surface area contributed by atoms with Gasteiger partial charge in [0.05, 0.1) is 13.0 Å². The minimum absolute atomic E-state index is 0.0909. The van der Waals surface area contributed by atoms with Gasteiger partial charge in [0.2, 0.25) is 6.08 Å². The first-order valence-electron chi connectivity index (χ1n) is 5.07. The van der Waals surface area contributed by atoms with Crippen molar-refractivity contribution in [1.82, 2.24) is 0 Å². The van der Waals surface area contributed by atoms with Crippen LogP contribution >= 0.6 is 0 Å². The first-order chi connectivity index (χ1) is 8.26. The van der Waals surface area contributed by atoms with Crippen molar-refractivity contribution < 1.29 is 19.1 Å². The lowest BCUT2D eigenvalue weighted by molar-refractivity contribution is -0.117. The largest absolute Gasteiger partial charge is 0.491 e. The van der Waals surface area contributed by atoms with E-state index in [0.29, 0.717) is 19.0 Å². The summed E-state index contributed by atoms with van der Waals surface area (Å²) in [6.45, 7) is 0.999. The predicted molar refractivity (Wildman–Crippen MR) is 60.6 cm³/mol. The lowest BCUT2D eigenvalue weighted by Gasteiger charge is -2.05. The number of hydrogen-bond donors (Lipinski definition) is 0. The fourth-order valence-electron chi connectivity index (χ4n) is 1.21. The van der Waals surface area contributed by atoms with E-state index in [1.807, 2.05) is 0 Å². The second-order valence-corrected chi connectivity index (χ2v) is 3.26. The van der Waals surface area contributed by atoms with Gasteiger partial charge in [-0.3, -0.25) is 4.79 Å². The molecule has 0 saturated heterocycles. The Kier molecular flexibility index (Phi) is 5.64. The van der Waals surface area contributed by atoms with Crippen LogP contribution in [0.2, 0.25) is 0 Å². The average molecular weight is 235 g/mol. The van der Waals surface area contributed by atoms with E-state index in [4.69, 9.17) is 9.47 Å². The molecule has 0 aliphatic heterocycles. The van der Waals surface area contributed by atoms with Crippen molar-refractivity contribution in [3.8, 4) is 5.75 Å². The number of ether oxygens (including phenoxy) is 2. The number of nitrogens with zero attached hydrogens (tertiary/aromatic N) is 1. The molecule has 0 aliphatic carbocycles. The molecule has 1 rings (SSSR count). The molecule has 5 heteroatoms. The van der Waals surface area contributed by atoms with Gasteiger partial charge in [-0.15, -0.1) is 4.99 Å². The summed E-state index contributed by atoms with van der Waals surface area (Å²) >= 11 is 0. The molecule has 1 aromatic rings. The van der Waals surface area contributed by atoms with Gasteiger partial charge in [0.1, 0.15) is 12.4 Å². The first kappa shape index (κ1) is 13.1. The molecule has 0 fully saturated rings. The summed E-state index contributed by atoms with van der Waals surface area (Å²) in [4.78, 5) is 23.9. The summed E-state index contributed by atoms with van der Waals surface area (Å²) in [5.41, 5.74) is 0.771. The van der Waals surface area contributed by atoms with Gasteiger partial charge in [-0.25, -0.2) is 4.79 Å². The molecule has 0 heterocycles. The van der Waals surface area contributed by atoms with E-state index < -0.39 is 5.91 Å². The van der Waals surface area contributed by atoms with Crippen molar-refractivity contribution in [3.63, 3.8) is 0 Å². The van der Waals surface area contributed by atoms with Crippen molar-refractivity contribution in [2.45, 2.75) is 6.42 Å². The Bertz CT molecular complexity index is 407. The zero-order valence-corrected chi connectivity index (χ0v) is 9.51. The number of rotatable bonds is 6. The summed E-state index contributed by atoms with van der Waals surface area (Å²) in [6.07, 6.45) is 1.31. The number of hydrogen-bond acceptors (Lipinski definition) is 4. The molecule has 0 unspecified atom stereocenters. The molecule has 0 bridgehead atoms. The normalized spacial score (nSPS) is 9.47. The van der Waals surface area contributed by atoms with Gasteiger partial charge in [0, 0.05) is 7.11 Å². The molecule has 0 aliphatic rings. The minimum Gasteiger partial charge on any atom is -0.491 e. The molecule has 0 aromatic heterocycles. The van der Waals surface area contributed by atoms with Crippen LogP contribution in [0, 0.1) is 0 Å². The van der Waals surface area contributed by atoms with Crippen molar-refractivity contribution in [1.29, 1.82) is 0 Å². The Hall–Kier alpha value is -1.97. The number of methoxy groups -OCH3 is 1. The zero-order valence-electron chi connectivity index (χ0n) is 9.51. The Labute approximate surface area is 99.1 Å². The van der Waals surface area contributed by atoms with Crippen LogP contribution in [0.25, 0.3) is 0 Å². The summed E-state index contributed by atoms with van der Waals surface area (Å²) in [5, 5.41) is 0. The van der Waals surface area contributed by atoms with E-state index in [0.717, 1.165) is 5.56 Å². The van der Waals surface area contributed by atoms with Crippen LogP contribution in [0.3, 0.4) is 0 Å². The summed E-state index contributed by atoms with van der Waals surface area (Å²) < 4.78 is 10.2. The smallest absolute Gasteiger partial charge is 0.260 e. The summed E-state index contributed by atoms with van der Waals surface area (Å²) in [7, 11) is 1.60. The number of carbonyl (C=O) groups is 1. The molecule has 0 spiro atoms. The van der Waals surface area contributed by atoms with Crippen LogP contribution in [0.1, 0.15) is 5.56 Å². The topological polar surface area (TPSA) is 65.0 Å². The van der Waals surface area contributed by atoms with Gasteiger partial charge < -0.3 is 9.47 Å². The number of aliphatic imine (C=N–C) groups is 1. The zero-order chi connectivity index (χ0) is 12.5. The van der Waals surface area contributed by atoms with Gasteiger partial charge >= 0.3 is 0 Å². The quantitative estimate of drug-likeness (QED) is 0.421. The Morgan fingerprint density at radius 2 is 2.00 bits per heavy atom. The highest BCUT2D eigenvalue weighted by Gasteiger charge is 2.02. The van der Waals surface area contributed by atoms with Gasteiger partial charge in [0.25, 0.3) is 5.91 Å². The average Bonchev–Trinajstić information content (AvgIpc) is 2.32. The molecule has 0 saturated carbocycles. The van der Waals surface area contributed by atoms with E-state index in [1.165, 1.54) is 6.08 Å². The number of benzene rings is 1. The lowest BCUT2D eigenvalue weighted by Crippen LogP contribution is -2.04. The maximum atomic E-state index is 11.0. The number of amides is 1. The van der Waals surface area contributed by atoms with Crippen LogP contribution in [0.15, 0.2) is 29.3 Å². The van der Waals surface area contributed by atoms with Crippen LogP contribution in [-0.2, 0) is 20.7 Å². The van der Waals surface area contributed by atoms with Gasteiger partial charge in [-0.05, 0) is 17.7 Å². The Balaban J connectivity index is 2.49. The molecule has 0 atom stereocenters. The highest BCUT2D eigenvalue weighted by molar-refractivity contribution is 5.83. The van der Waals surface area contributed by atoms with Crippen LogP contribution in [0.5, 0.6) is 5.75 Å². The van der Waals surface area contributed by atoms with Crippen LogP contribution in [-0.4, -0.2) is 32.3 Å². The molecule has 1 aromatic carbocycles. The standard InChI is InChI=1S/C12H13NO4/c1-16-6-7-17-11-4-2-10(3-5-11)8-12(15)13-9-14/h2-5H,6-8H2,1H3. The van der Waals surface area contributed by atoms with Crippen molar-refractivity contribution in [2.24, 2.45) is 4.99 Å². The first-order valence-corrected chi connectivity index (χ1v) is 5.07. The lowest BCUT2D eigenvalue weighted by atomic mass is 10.1. The molecule has 90 valence electrons. The molecule has 5 nitrogen and oxygen atoms in total. The summed E-state index contributed by atoms with van der Waals surface area (Å²) in [5.74, 6) is 0.199. The molecule has 0 radical (unpaired) electrons. The monoisotopic (exact) mass is 235 g/mol. The SMILES string of the molecule is COCCOc1ccc(CC(=O)N=C=O)cc1. The Morgan fingerprint density at radius 1 is 1.29 bits per heavy atom. The number of isocyanates is 1. The van der Waals surface area contributed by atoms with E-state index >= 15 is 0 Å². The van der Waals surface area contributed by atoms with E-state index in [9.17, 15) is 9.59 Å². The maximum absolute atomic E-state index is 11.0. The van der Waals surface area contributed by atoms with E-state index in [1.54, 1.807) is 31.4 Å². The maximum Gasteiger partial charge on any atom is 0.260 e. The highest BCUT2D eigenvalue weighted by Crippen LogP contribution is 2.12. The second-order valence-electron chi connectivity index (χ2n) is 3.26. The third-order valence-electron chi connectivity index (χ3n) is 2.01. The van der Waals surface area contributed by atoms with Crippen LogP contribution in [0.4, 0.5) is 0 Å². The van der Waals surface area contributed by atoms with Crippen molar-refractivity contribution in [2.75, 3.05) is 20.3 Å². The Morgan fingerprint density at radius 3 is 2.59 bits per heavy atom. The van der Waals surface area contributed by atoms with Crippen molar-refractivity contribution >= 4 is 12.0 Å². The minimum atomic E-state index is -0.506. The van der Waals surface area contributed by atoms with E-state index in [2.05, 4.69) is 4.99 Å². The van der Waals surface area contributed by atoms with Gasteiger partial charge in [-0.1, -0.05) is 12.1 Å². The predicted octanol–water partition coefficient (Wildman–Crippen LogP) is 1.12. The van der Waals surface area contributed by atoms with Crippen LogP contribution < -0.4 is 4.74 Å². The van der Waals surface area contributed by atoms with Crippen molar-refractivity contribution in [3.05, 3.63) is 29.8 Å². The van der Waals surface area contributed by atoms with E-state index in [-0.39, 0.29) is 6.42 Å². The molecular weight excluding hydrogens is 222 g/mol. The molecule has 17 heavy (non-hydrogen) atoms. The third kappa shape index (κ3) is 5.06. The fourth-order valence-corrected chi connectivity index (χ4v) is 1.21. The second kappa shape index (κ2) is 7.33. The highest BCUT2D eigenvalue weighted by atomic mass is 16.5. The molecule has 0 N–H and O–H groups in total. The summed E-state index contributed by atoms with van der Waals surface area (Å²) in [6, 6.07) is 7.01. The van der Waals surface area contributed by atoms with Gasteiger partial charge in [-0.2, -0.15) is 0 Å². The molecule has 1 amide bonds. The van der Waals surface area contributed by atoms with Gasteiger partial charge in [0.15, 0.2) is 0 Å². The third-order valence-corrected chi connectivity index (χ3v) is 2.01. The number of carbonyl (C=O) groups excluding carboxylic acids is 2.